The molecule has 4 nitrogen and oxygen atoms in total. The van der Waals surface area contributed by atoms with E-state index in [4.69, 9.17) is 10.3 Å². The largest absolute Gasteiger partial charge is 0.339 e. The number of benzene rings is 1. The summed E-state index contributed by atoms with van der Waals surface area (Å²) in [4.78, 5) is 4.36. The van der Waals surface area contributed by atoms with Gasteiger partial charge in [0, 0.05) is 6.42 Å². The van der Waals surface area contributed by atoms with Crippen LogP contribution in [0.5, 0.6) is 0 Å². The van der Waals surface area contributed by atoms with Crippen LogP contribution in [0.25, 0.3) is 0 Å². The van der Waals surface area contributed by atoms with Crippen LogP contribution in [-0.4, -0.2) is 10.1 Å². The minimum atomic E-state index is -0.100. The number of hydrogen-bond acceptors (Lipinski definition) is 4. The molecule has 0 aliphatic carbocycles. The number of nitrogens with zero attached hydrogens (tertiary/aromatic N) is 2. The third-order valence-electron chi connectivity index (χ3n) is 3.11. The summed E-state index contributed by atoms with van der Waals surface area (Å²) in [5, 5.41) is 3.95. The lowest BCUT2D eigenvalue weighted by Gasteiger charge is -2.02. The Bertz CT molecular complexity index is 481. The number of hydrogen-bond donors (Lipinski definition) is 1. The van der Waals surface area contributed by atoms with Crippen molar-refractivity contribution in [1.82, 2.24) is 10.1 Å². The molecule has 1 heterocycles. The molecule has 0 saturated carbocycles. The van der Waals surface area contributed by atoms with Gasteiger partial charge in [0.25, 0.3) is 0 Å². The highest BCUT2D eigenvalue weighted by Crippen LogP contribution is 2.13. The van der Waals surface area contributed by atoms with E-state index in [9.17, 15) is 0 Å². The van der Waals surface area contributed by atoms with Gasteiger partial charge in [0.15, 0.2) is 5.82 Å². The van der Waals surface area contributed by atoms with Crippen LogP contribution in [0.4, 0.5) is 0 Å². The Balaban J connectivity index is 1.80. The van der Waals surface area contributed by atoms with Crippen molar-refractivity contribution in [3.8, 4) is 0 Å². The fourth-order valence-corrected chi connectivity index (χ4v) is 2.05. The van der Waals surface area contributed by atoms with E-state index in [2.05, 4.69) is 41.3 Å². The van der Waals surface area contributed by atoms with E-state index in [0.717, 1.165) is 32.1 Å². The lowest BCUT2D eigenvalue weighted by molar-refractivity contribution is 0.366. The maximum Gasteiger partial charge on any atom is 0.226 e. The van der Waals surface area contributed by atoms with Gasteiger partial charge in [0.2, 0.25) is 5.89 Å². The summed E-state index contributed by atoms with van der Waals surface area (Å²) in [7, 11) is 0. The molecule has 2 rings (SSSR count). The molecule has 0 aliphatic rings. The third kappa shape index (κ3) is 4.17. The van der Waals surface area contributed by atoms with E-state index >= 15 is 0 Å². The predicted octanol–water partition coefficient (Wildman–Crippen LogP) is 3.04. The van der Waals surface area contributed by atoms with Crippen LogP contribution in [0.1, 0.15) is 49.5 Å². The smallest absolute Gasteiger partial charge is 0.226 e. The highest BCUT2D eigenvalue weighted by molar-refractivity contribution is 5.14. The summed E-state index contributed by atoms with van der Waals surface area (Å²) in [6, 6.07) is 10.3. The van der Waals surface area contributed by atoms with Crippen molar-refractivity contribution < 1.29 is 4.52 Å². The molecule has 19 heavy (non-hydrogen) atoms. The zero-order chi connectivity index (χ0) is 13.5. The molecule has 1 unspecified atom stereocenters. The van der Waals surface area contributed by atoms with Gasteiger partial charge in [-0.2, -0.15) is 4.98 Å². The molecular weight excluding hydrogens is 238 g/mol. The third-order valence-corrected chi connectivity index (χ3v) is 3.11. The Morgan fingerprint density at radius 3 is 2.74 bits per heavy atom. The molecule has 4 heteroatoms. The second kappa shape index (κ2) is 7.04. The summed E-state index contributed by atoms with van der Waals surface area (Å²) >= 11 is 0. The van der Waals surface area contributed by atoms with E-state index in [1.807, 2.05) is 6.07 Å². The van der Waals surface area contributed by atoms with Crippen molar-refractivity contribution in [3.63, 3.8) is 0 Å². The molecule has 2 N–H and O–H groups in total. The molecule has 0 spiro atoms. The summed E-state index contributed by atoms with van der Waals surface area (Å²) in [6.07, 6.45) is 4.76. The van der Waals surface area contributed by atoms with Crippen LogP contribution in [0.2, 0.25) is 0 Å². The lowest BCUT2D eigenvalue weighted by atomic mass is 10.1. The Labute approximate surface area is 114 Å². The van der Waals surface area contributed by atoms with Crippen LogP contribution >= 0.6 is 0 Å². The molecule has 0 bridgehead atoms. The molecule has 1 aromatic carbocycles. The quantitative estimate of drug-likeness (QED) is 0.830. The zero-order valence-electron chi connectivity index (χ0n) is 11.4. The minimum Gasteiger partial charge on any atom is -0.339 e. The maximum absolute atomic E-state index is 5.95. The Hall–Kier alpha value is -1.68. The molecule has 0 radical (unpaired) electrons. The average Bonchev–Trinajstić information content (AvgIpc) is 2.89. The number of nitrogens with two attached hydrogens (primary N) is 1. The topological polar surface area (TPSA) is 64.9 Å². The monoisotopic (exact) mass is 259 g/mol. The number of aromatic nitrogens is 2. The SMILES string of the molecule is CCCC(N)c1noc(CCCc2ccccc2)n1. The first-order chi connectivity index (χ1) is 9.29. The van der Waals surface area contributed by atoms with E-state index < -0.39 is 0 Å². The van der Waals surface area contributed by atoms with Crippen molar-refractivity contribution in [1.29, 1.82) is 0 Å². The first-order valence-electron chi connectivity index (χ1n) is 6.91. The molecule has 0 fully saturated rings. The van der Waals surface area contributed by atoms with Gasteiger partial charge in [-0.25, -0.2) is 0 Å². The normalized spacial score (nSPS) is 12.5. The predicted molar refractivity (Wildman–Crippen MR) is 74.6 cm³/mol. The van der Waals surface area contributed by atoms with Crippen molar-refractivity contribution in [2.45, 2.75) is 45.1 Å². The van der Waals surface area contributed by atoms with Gasteiger partial charge in [0.1, 0.15) is 0 Å². The van der Waals surface area contributed by atoms with Crippen molar-refractivity contribution >= 4 is 0 Å². The molecule has 1 atom stereocenters. The maximum atomic E-state index is 5.95. The van der Waals surface area contributed by atoms with Gasteiger partial charge in [-0.05, 0) is 24.8 Å². The number of rotatable bonds is 7. The summed E-state index contributed by atoms with van der Waals surface area (Å²) < 4.78 is 5.23. The highest BCUT2D eigenvalue weighted by atomic mass is 16.5. The molecule has 0 aliphatic heterocycles. The Kier molecular flexibility index (Phi) is 5.10. The van der Waals surface area contributed by atoms with Crippen LogP contribution in [0.3, 0.4) is 0 Å². The van der Waals surface area contributed by atoms with Gasteiger partial charge < -0.3 is 10.3 Å². The van der Waals surface area contributed by atoms with Gasteiger partial charge in [-0.1, -0.05) is 48.8 Å². The van der Waals surface area contributed by atoms with Crippen molar-refractivity contribution in [2.24, 2.45) is 5.73 Å². The second-order valence-corrected chi connectivity index (χ2v) is 4.78. The Morgan fingerprint density at radius 1 is 1.21 bits per heavy atom. The molecule has 102 valence electrons. The van der Waals surface area contributed by atoms with Crippen molar-refractivity contribution in [3.05, 3.63) is 47.6 Å². The summed E-state index contributed by atoms with van der Waals surface area (Å²) in [5.74, 6) is 1.33. The van der Waals surface area contributed by atoms with Gasteiger partial charge >= 0.3 is 0 Å². The van der Waals surface area contributed by atoms with E-state index in [1.165, 1.54) is 5.56 Å². The van der Waals surface area contributed by atoms with E-state index in [1.54, 1.807) is 0 Å². The molecule has 1 aromatic heterocycles. The molecule has 0 saturated heterocycles. The Morgan fingerprint density at radius 2 is 2.00 bits per heavy atom. The average molecular weight is 259 g/mol. The number of aryl methyl sites for hydroxylation is 2. The highest BCUT2D eigenvalue weighted by Gasteiger charge is 2.12. The fraction of sp³-hybridized carbons (Fsp3) is 0.467. The lowest BCUT2D eigenvalue weighted by Crippen LogP contribution is -2.11. The van der Waals surface area contributed by atoms with Crippen LogP contribution in [0.15, 0.2) is 34.9 Å². The molecule has 2 aromatic rings. The zero-order valence-corrected chi connectivity index (χ0v) is 11.4. The first kappa shape index (κ1) is 13.7. The second-order valence-electron chi connectivity index (χ2n) is 4.78. The van der Waals surface area contributed by atoms with Crippen LogP contribution < -0.4 is 5.73 Å². The minimum absolute atomic E-state index is 0.100. The first-order valence-corrected chi connectivity index (χ1v) is 6.91. The fourth-order valence-electron chi connectivity index (χ4n) is 2.05. The molecule has 0 amide bonds. The van der Waals surface area contributed by atoms with Crippen LogP contribution in [0, 0.1) is 0 Å². The van der Waals surface area contributed by atoms with Gasteiger partial charge in [0.05, 0.1) is 6.04 Å². The van der Waals surface area contributed by atoms with Crippen molar-refractivity contribution in [2.75, 3.05) is 0 Å². The van der Waals surface area contributed by atoms with E-state index in [0.29, 0.717) is 11.7 Å². The standard InChI is InChI=1S/C15H21N3O/c1-2-7-13(16)15-17-14(19-18-15)11-6-10-12-8-4-3-5-9-12/h3-5,8-9,13H,2,6-7,10-11,16H2,1H3. The van der Waals surface area contributed by atoms with Gasteiger partial charge in [-0.15, -0.1) is 0 Å². The van der Waals surface area contributed by atoms with E-state index in [-0.39, 0.29) is 6.04 Å². The van der Waals surface area contributed by atoms with Gasteiger partial charge in [-0.3, -0.25) is 0 Å². The summed E-state index contributed by atoms with van der Waals surface area (Å²) in [5.41, 5.74) is 7.29. The summed E-state index contributed by atoms with van der Waals surface area (Å²) in [6.45, 7) is 2.10. The van der Waals surface area contributed by atoms with Crippen LogP contribution in [-0.2, 0) is 12.8 Å². The molecular formula is C15H21N3O.